The first kappa shape index (κ1) is 16.3. The fraction of sp³-hybridized carbons (Fsp3) is 0.273. The van der Waals surface area contributed by atoms with Crippen LogP contribution >= 0.6 is 0 Å². The number of rotatable bonds is 3. The van der Waals surface area contributed by atoms with Gasteiger partial charge in [-0.1, -0.05) is 36.4 Å². The summed E-state index contributed by atoms with van der Waals surface area (Å²) in [5.74, 6) is 2.43. The number of fused-ring (bicyclic) bond motifs is 3. The molecule has 138 valence electrons. The second kappa shape index (κ2) is 6.35. The summed E-state index contributed by atoms with van der Waals surface area (Å²) >= 11 is 0. The number of hydrogen-bond acceptors (Lipinski definition) is 4. The highest BCUT2D eigenvalue weighted by Crippen LogP contribution is 2.49. The fourth-order valence-corrected chi connectivity index (χ4v) is 4.40. The maximum Gasteiger partial charge on any atom is 0.199 e. The van der Waals surface area contributed by atoms with Gasteiger partial charge in [0, 0.05) is 31.1 Å². The SMILES string of the molecule is COc1cc2c(n1-c1ccccc1)N(C)CC1CON(c3ccccc3)C21. The fourth-order valence-electron chi connectivity index (χ4n) is 4.40. The molecule has 0 aliphatic carbocycles. The minimum Gasteiger partial charge on any atom is -0.482 e. The average molecular weight is 361 g/mol. The molecule has 5 heteroatoms. The first-order valence-corrected chi connectivity index (χ1v) is 9.31. The molecule has 0 amide bonds. The van der Waals surface area contributed by atoms with Crippen molar-refractivity contribution in [2.75, 3.05) is 37.3 Å². The van der Waals surface area contributed by atoms with Gasteiger partial charge < -0.3 is 9.64 Å². The average Bonchev–Trinajstić information content (AvgIpc) is 3.31. The molecule has 0 spiro atoms. The van der Waals surface area contributed by atoms with Crippen molar-refractivity contribution in [3.8, 4) is 11.6 Å². The van der Waals surface area contributed by atoms with Crippen LogP contribution in [0.15, 0.2) is 66.7 Å². The largest absolute Gasteiger partial charge is 0.482 e. The van der Waals surface area contributed by atoms with Gasteiger partial charge in [0.05, 0.1) is 31.1 Å². The highest BCUT2D eigenvalue weighted by molar-refractivity contribution is 5.64. The van der Waals surface area contributed by atoms with E-state index < -0.39 is 0 Å². The maximum atomic E-state index is 6.14. The lowest BCUT2D eigenvalue weighted by atomic mass is 9.91. The molecular formula is C22H23N3O2. The van der Waals surface area contributed by atoms with Crippen LogP contribution in [0, 0.1) is 5.92 Å². The van der Waals surface area contributed by atoms with Crippen LogP contribution in [-0.2, 0) is 4.84 Å². The van der Waals surface area contributed by atoms with Gasteiger partial charge in [-0.15, -0.1) is 0 Å². The molecule has 2 aromatic carbocycles. The Morgan fingerprint density at radius 1 is 0.963 bits per heavy atom. The van der Waals surface area contributed by atoms with Crippen molar-refractivity contribution in [3.63, 3.8) is 0 Å². The number of nitrogens with zero attached hydrogens (tertiary/aromatic N) is 3. The Labute approximate surface area is 159 Å². The van der Waals surface area contributed by atoms with Gasteiger partial charge in [-0.25, -0.2) is 5.06 Å². The molecule has 1 saturated heterocycles. The third-order valence-corrected chi connectivity index (χ3v) is 5.52. The summed E-state index contributed by atoms with van der Waals surface area (Å²) in [6.07, 6.45) is 0. The molecule has 0 saturated carbocycles. The number of methoxy groups -OCH3 is 1. The summed E-state index contributed by atoms with van der Waals surface area (Å²) in [6, 6.07) is 23.1. The maximum absolute atomic E-state index is 6.14. The van der Waals surface area contributed by atoms with Crippen LogP contribution < -0.4 is 14.7 Å². The monoisotopic (exact) mass is 361 g/mol. The van der Waals surface area contributed by atoms with Crippen LogP contribution in [0.4, 0.5) is 11.5 Å². The van der Waals surface area contributed by atoms with E-state index in [9.17, 15) is 0 Å². The molecule has 3 heterocycles. The van der Waals surface area contributed by atoms with Crippen molar-refractivity contribution in [2.45, 2.75) is 6.04 Å². The Balaban J connectivity index is 1.67. The zero-order chi connectivity index (χ0) is 18.4. The predicted molar refractivity (Wildman–Crippen MR) is 107 cm³/mol. The minimum atomic E-state index is 0.178. The third-order valence-electron chi connectivity index (χ3n) is 5.52. The van der Waals surface area contributed by atoms with Crippen molar-refractivity contribution < 1.29 is 9.57 Å². The van der Waals surface area contributed by atoms with Crippen LogP contribution in [0.5, 0.6) is 5.88 Å². The van der Waals surface area contributed by atoms with Gasteiger partial charge in [-0.05, 0) is 24.3 Å². The second-order valence-corrected chi connectivity index (χ2v) is 7.18. The number of ether oxygens (including phenoxy) is 1. The van der Waals surface area contributed by atoms with Gasteiger partial charge in [0.25, 0.3) is 0 Å². The van der Waals surface area contributed by atoms with Crippen molar-refractivity contribution >= 4 is 11.5 Å². The minimum absolute atomic E-state index is 0.178. The van der Waals surface area contributed by atoms with E-state index in [2.05, 4.69) is 76.2 Å². The van der Waals surface area contributed by atoms with Crippen LogP contribution in [0.3, 0.4) is 0 Å². The highest BCUT2D eigenvalue weighted by Gasteiger charge is 2.44. The van der Waals surface area contributed by atoms with E-state index in [1.165, 1.54) is 11.4 Å². The molecule has 0 radical (unpaired) electrons. The Morgan fingerprint density at radius 3 is 2.30 bits per heavy atom. The Bertz CT molecular complexity index is 939. The lowest BCUT2D eigenvalue weighted by Gasteiger charge is -2.36. The van der Waals surface area contributed by atoms with E-state index in [1.54, 1.807) is 7.11 Å². The lowest BCUT2D eigenvalue weighted by molar-refractivity contribution is 0.154. The summed E-state index contributed by atoms with van der Waals surface area (Å²) in [5.41, 5.74) is 3.44. The normalized spacial score (nSPS) is 21.1. The van der Waals surface area contributed by atoms with E-state index in [0.29, 0.717) is 5.92 Å². The first-order valence-electron chi connectivity index (χ1n) is 9.31. The summed E-state index contributed by atoms with van der Waals surface area (Å²) in [4.78, 5) is 8.46. The quantitative estimate of drug-likeness (QED) is 0.704. The molecule has 5 rings (SSSR count). The standard InChI is InChI=1S/C22H23N3O2/c1-23-14-16-15-27-25(18-11-7-4-8-12-18)21(16)19-13-20(26-2)24(22(19)23)17-9-5-3-6-10-17/h3-13,16,21H,14-15H2,1-2H3. The topological polar surface area (TPSA) is 29.9 Å². The van der Waals surface area contributed by atoms with Crippen LogP contribution in [-0.4, -0.2) is 31.9 Å². The van der Waals surface area contributed by atoms with Crippen molar-refractivity contribution in [3.05, 3.63) is 72.3 Å². The smallest absolute Gasteiger partial charge is 0.199 e. The number of aromatic nitrogens is 1. The Morgan fingerprint density at radius 2 is 1.63 bits per heavy atom. The van der Waals surface area contributed by atoms with Crippen LogP contribution in [0.25, 0.3) is 5.69 Å². The predicted octanol–water partition coefficient (Wildman–Crippen LogP) is 4.04. The molecule has 2 atom stereocenters. The molecule has 2 unspecified atom stereocenters. The van der Waals surface area contributed by atoms with Crippen molar-refractivity contribution in [1.29, 1.82) is 0 Å². The molecule has 3 aromatic rings. The summed E-state index contributed by atoms with van der Waals surface area (Å²) in [5, 5.41) is 2.07. The molecule has 5 nitrogen and oxygen atoms in total. The number of anilines is 2. The number of hydrogen-bond donors (Lipinski definition) is 0. The Hall–Kier alpha value is -2.92. The van der Waals surface area contributed by atoms with Gasteiger partial charge in [-0.3, -0.25) is 9.40 Å². The Kier molecular flexibility index (Phi) is 3.83. The first-order chi connectivity index (χ1) is 13.3. The summed E-state index contributed by atoms with van der Waals surface area (Å²) in [6.45, 7) is 1.67. The third kappa shape index (κ3) is 2.50. The molecule has 1 aromatic heterocycles. The summed E-state index contributed by atoms with van der Waals surface area (Å²) in [7, 11) is 3.89. The molecule has 0 bridgehead atoms. The molecule has 0 N–H and O–H groups in total. The van der Waals surface area contributed by atoms with E-state index >= 15 is 0 Å². The highest BCUT2D eigenvalue weighted by atomic mass is 16.7. The van der Waals surface area contributed by atoms with Gasteiger partial charge in [-0.2, -0.15) is 0 Å². The van der Waals surface area contributed by atoms with Crippen molar-refractivity contribution in [2.24, 2.45) is 5.92 Å². The number of benzene rings is 2. The van der Waals surface area contributed by atoms with Gasteiger partial charge in [0.1, 0.15) is 5.82 Å². The van der Waals surface area contributed by atoms with Crippen LogP contribution in [0.2, 0.25) is 0 Å². The zero-order valence-corrected chi connectivity index (χ0v) is 15.6. The molecular weight excluding hydrogens is 338 g/mol. The molecule has 2 aliphatic heterocycles. The van der Waals surface area contributed by atoms with Gasteiger partial charge in [0.15, 0.2) is 5.88 Å². The molecule has 2 aliphatic rings. The molecule has 1 fully saturated rings. The van der Waals surface area contributed by atoms with Gasteiger partial charge >= 0.3 is 0 Å². The van der Waals surface area contributed by atoms with Crippen molar-refractivity contribution in [1.82, 2.24) is 4.57 Å². The number of para-hydroxylation sites is 2. The van der Waals surface area contributed by atoms with E-state index in [-0.39, 0.29) is 6.04 Å². The second-order valence-electron chi connectivity index (χ2n) is 7.18. The number of hydroxylamine groups is 1. The lowest BCUT2D eigenvalue weighted by Crippen LogP contribution is -2.38. The van der Waals surface area contributed by atoms with Gasteiger partial charge in [0.2, 0.25) is 0 Å². The zero-order valence-electron chi connectivity index (χ0n) is 15.6. The molecule has 27 heavy (non-hydrogen) atoms. The van der Waals surface area contributed by atoms with E-state index in [0.717, 1.165) is 30.4 Å². The van der Waals surface area contributed by atoms with E-state index in [4.69, 9.17) is 9.57 Å². The van der Waals surface area contributed by atoms with E-state index in [1.807, 2.05) is 12.1 Å². The summed E-state index contributed by atoms with van der Waals surface area (Å²) < 4.78 is 7.97. The van der Waals surface area contributed by atoms with Crippen LogP contribution in [0.1, 0.15) is 11.6 Å².